The van der Waals surface area contributed by atoms with Gasteiger partial charge in [-0.3, -0.25) is 0 Å². The molecule has 0 amide bonds. The van der Waals surface area contributed by atoms with E-state index >= 15 is 0 Å². The van der Waals surface area contributed by atoms with Gasteiger partial charge in [-0.25, -0.2) is 9.97 Å². The summed E-state index contributed by atoms with van der Waals surface area (Å²) in [6.45, 7) is 4.28. The number of benzene rings is 1. The van der Waals surface area contributed by atoms with E-state index in [-0.39, 0.29) is 0 Å². The number of fused-ring (bicyclic) bond motifs is 1. The number of nitrogen functional groups attached to an aromatic ring is 1. The van der Waals surface area contributed by atoms with Crippen LogP contribution in [0.1, 0.15) is 36.9 Å². The van der Waals surface area contributed by atoms with Crippen molar-refractivity contribution in [3.63, 3.8) is 0 Å². The molecule has 2 aliphatic rings. The molecule has 9 heteroatoms. The topological polar surface area (TPSA) is 101 Å². The summed E-state index contributed by atoms with van der Waals surface area (Å²) >= 11 is 0. The van der Waals surface area contributed by atoms with Gasteiger partial charge in [-0.1, -0.05) is 12.8 Å². The van der Waals surface area contributed by atoms with Crippen molar-refractivity contribution in [3.8, 4) is 5.82 Å². The van der Waals surface area contributed by atoms with Gasteiger partial charge in [0.15, 0.2) is 5.82 Å². The van der Waals surface area contributed by atoms with E-state index in [1.54, 1.807) is 11.0 Å². The van der Waals surface area contributed by atoms with Crippen LogP contribution in [0.25, 0.3) is 5.82 Å². The number of hydrogen-bond donors (Lipinski definition) is 2. The molecule has 2 aromatic heterocycles. The number of hydrogen-bond acceptors (Lipinski definition) is 8. The van der Waals surface area contributed by atoms with E-state index in [0.717, 1.165) is 74.6 Å². The molecule has 3 heterocycles. The molecule has 0 unspecified atom stereocenters. The highest BCUT2D eigenvalue weighted by atomic mass is 15.4. The molecule has 5 rings (SSSR count). The van der Waals surface area contributed by atoms with Gasteiger partial charge in [0.05, 0.1) is 0 Å². The lowest BCUT2D eigenvalue weighted by Gasteiger charge is -2.34. The summed E-state index contributed by atoms with van der Waals surface area (Å²) < 4.78 is 1.64. The van der Waals surface area contributed by atoms with Crippen LogP contribution in [0.15, 0.2) is 30.6 Å². The molecule has 168 valence electrons. The lowest BCUT2D eigenvalue weighted by atomic mass is 9.97. The van der Waals surface area contributed by atoms with Gasteiger partial charge >= 0.3 is 0 Å². The molecular formula is C23H31N9. The van der Waals surface area contributed by atoms with Gasteiger partial charge in [-0.15, -0.1) is 5.10 Å². The third-order valence-electron chi connectivity index (χ3n) is 6.43. The Labute approximate surface area is 188 Å². The van der Waals surface area contributed by atoms with Crippen molar-refractivity contribution >= 4 is 23.3 Å². The van der Waals surface area contributed by atoms with E-state index < -0.39 is 0 Å². The molecule has 9 nitrogen and oxygen atoms in total. The van der Waals surface area contributed by atoms with E-state index in [4.69, 9.17) is 5.73 Å². The summed E-state index contributed by atoms with van der Waals surface area (Å²) in [4.78, 5) is 18.3. The lowest BCUT2D eigenvalue weighted by molar-refractivity contribution is 0.313. The van der Waals surface area contributed by atoms with Crippen LogP contribution in [0.5, 0.6) is 0 Å². The molecule has 1 aromatic carbocycles. The van der Waals surface area contributed by atoms with E-state index in [1.165, 1.54) is 18.5 Å². The van der Waals surface area contributed by atoms with Crippen LogP contribution < -0.4 is 16.0 Å². The highest BCUT2D eigenvalue weighted by molar-refractivity contribution is 5.60. The number of piperazine rings is 1. The number of rotatable bonds is 4. The maximum Gasteiger partial charge on any atom is 0.248 e. The van der Waals surface area contributed by atoms with Crippen molar-refractivity contribution in [2.75, 3.05) is 49.2 Å². The molecule has 0 spiro atoms. The number of aryl methyl sites for hydroxylation is 1. The molecule has 1 aliphatic heterocycles. The van der Waals surface area contributed by atoms with Crippen LogP contribution >= 0.6 is 0 Å². The zero-order chi connectivity index (χ0) is 21.9. The Hall–Kier alpha value is -3.20. The standard InChI is InChI=1S/C23H31N9/c1-30-12-14-31(15-13-30)18-10-8-17(9-11-18)27-23-28-22(24)32(29-23)21-19-6-4-2-3-5-7-20(19)25-16-26-21/h8-11,16H,2-7,12-15H2,1H3,(H3,24,27,28,29). The Morgan fingerprint density at radius 3 is 2.44 bits per heavy atom. The zero-order valence-electron chi connectivity index (χ0n) is 18.7. The Morgan fingerprint density at radius 2 is 1.66 bits per heavy atom. The van der Waals surface area contributed by atoms with Crippen LogP contribution in [0, 0.1) is 0 Å². The molecule has 0 bridgehead atoms. The van der Waals surface area contributed by atoms with E-state index in [1.807, 2.05) is 0 Å². The second-order valence-corrected chi connectivity index (χ2v) is 8.70. The molecule has 3 aromatic rings. The third-order valence-corrected chi connectivity index (χ3v) is 6.43. The average molecular weight is 434 g/mol. The normalized spacial score (nSPS) is 17.5. The molecule has 1 aliphatic carbocycles. The number of anilines is 4. The van der Waals surface area contributed by atoms with Gasteiger partial charge in [0.1, 0.15) is 6.33 Å². The van der Waals surface area contributed by atoms with E-state index in [2.05, 4.69) is 66.5 Å². The molecular weight excluding hydrogens is 402 g/mol. The second-order valence-electron chi connectivity index (χ2n) is 8.70. The van der Waals surface area contributed by atoms with Gasteiger partial charge in [0.25, 0.3) is 0 Å². The summed E-state index contributed by atoms with van der Waals surface area (Å²) in [6.07, 6.45) is 8.32. The van der Waals surface area contributed by atoms with Crippen molar-refractivity contribution in [1.29, 1.82) is 0 Å². The fourth-order valence-corrected chi connectivity index (χ4v) is 4.52. The van der Waals surface area contributed by atoms with E-state index in [0.29, 0.717) is 11.9 Å². The van der Waals surface area contributed by atoms with Crippen molar-refractivity contribution in [2.45, 2.75) is 38.5 Å². The third kappa shape index (κ3) is 4.38. The van der Waals surface area contributed by atoms with Gasteiger partial charge in [-0.2, -0.15) is 9.67 Å². The Bertz CT molecular complexity index is 1050. The molecule has 0 saturated carbocycles. The smallest absolute Gasteiger partial charge is 0.248 e. The van der Waals surface area contributed by atoms with E-state index in [9.17, 15) is 0 Å². The Kier molecular flexibility index (Phi) is 5.89. The molecule has 1 fully saturated rings. The predicted molar refractivity (Wildman–Crippen MR) is 127 cm³/mol. The summed E-state index contributed by atoms with van der Waals surface area (Å²) in [6, 6.07) is 8.40. The minimum atomic E-state index is 0.324. The second kappa shape index (κ2) is 9.12. The number of aromatic nitrogens is 5. The number of nitrogens with one attached hydrogen (secondary N) is 1. The average Bonchev–Trinajstić information content (AvgIpc) is 3.15. The molecule has 32 heavy (non-hydrogen) atoms. The first-order valence-electron chi connectivity index (χ1n) is 11.5. The van der Waals surface area contributed by atoms with Gasteiger partial charge < -0.3 is 20.9 Å². The van der Waals surface area contributed by atoms with Crippen LogP contribution in [0.4, 0.5) is 23.3 Å². The fraction of sp³-hybridized carbons (Fsp3) is 0.478. The van der Waals surface area contributed by atoms with Crippen LogP contribution in [-0.2, 0) is 12.8 Å². The van der Waals surface area contributed by atoms with Crippen molar-refractivity contribution < 1.29 is 0 Å². The van der Waals surface area contributed by atoms with Gasteiger partial charge in [0, 0.05) is 48.8 Å². The quantitative estimate of drug-likeness (QED) is 0.648. The van der Waals surface area contributed by atoms with Crippen molar-refractivity contribution in [3.05, 3.63) is 41.9 Å². The summed E-state index contributed by atoms with van der Waals surface area (Å²) in [5.74, 6) is 1.54. The van der Waals surface area contributed by atoms with Crippen LogP contribution in [0.2, 0.25) is 0 Å². The zero-order valence-corrected chi connectivity index (χ0v) is 18.7. The number of likely N-dealkylation sites (N-methyl/N-ethyl adjacent to an activating group) is 1. The van der Waals surface area contributed by atoms with Crippen LogP contribution in [-0.4, -0.2) is 62.9 Å². The van der Waals surface area contributed by atoms with Crippen molar-refractivity contribution in [1.82, 2.24) is 29.6 Å². The molecule has 1 saturated heterocycles. The van der Waals surface area contributed by atoms with Gasteiger partial charge in [-0.05, 0) is 57.0 Å². The Balaban J connectivity index is 1.34. The largest absolute Gasteiger partial charge is 0.369 e. The highest BCUT2D eigenvalue weighted by Gasteiger charge is 2.19. The fourth-order valence-electron chi connectivity index (χ4n) is 4.52. The molecule has 0 radical (unpaired) electrons. The summed E-state index contributed by atoms with van der Waals surface area (Å²) in [5.41, 5.74) is 10.7. The molecule has 3 N–H and O–H groups in total. The number of nitrogens with zero attached hydrogens (tertiary/aromatic N) is 7. The molecule has 0 atom stereocenters. The van der Waals surface area contributed by atoms with Crippen molar-refractivity contribution in [2.24, 2.45) is 0 Å². The predicted octanol–water partition coefficient (Wildman–Crippen LogP) is 2.79. The minimum Gasteiger partial charge on any atom is -0.369 e. The first-order chi connectivity index (χ1) is 15.7. The Morgan fingerprint density at radius 1 is 0.906 bits per heavy atom. The number of nitrogens with two attached hydrogens (primary N) is 1. The maximum atomic E-state index is 6.24. The SMILES string of the molecule is CN1CCN(c2ccc(Nc3nc(N)n(-c4ncnc5c4CCCCCC5)n3)cc2)CC1. The first-order valence-corrected chi connectivity index (χ1v) is 11.5. The van der Waals surface area contributed by atoms with Gasteiger partial charge in [0.2, 0.25) is 11.9 Å². The lowest BCUT2D eigenvalue weighted by Crippen LogP contribution is -2.44. The highest BCUT2D eigenvalue weighted by Crippen LogP contribution is 2.25. The maximum absolute atomic E-state index is 6.24. The first kappa shape index (κ1) is 20.7. The van der Waals surface area contributed by atoms with Crippen LogP contribution in [0.3, 0.4) is 0 Å². The summed E-state index contributed by atoms with van der Waals surface area (Å²) in [7, 11) is 2.17. The minimum absolute atomic E-state index is 0.324. The monoisotopic (exact) mass is 433 g/mol. The summed E-state index contributed by atoms with van der Waals surface area (Å²) in [5, 5.41) is 7.90.